The fraction of sp³-hybridized carbons (Fsp3) is 0.625. The molecule has 0 bridgehead atoms. The van der Waals surface area contributed by atoms with Crippen molar-refractivity contribution in [2.45, 2.75) is 44.2 Å². The number of hydrogen-bond donors (Lipinski definition) is 2. The fourth-order valence-electron chi connectivity index (χ4n) is 3.63. The van der Waals surface area contributed by atoms with Crippen LogP contribution in [0.25, 0.3) is 0 Å². The van der Waals surface area contributed by atoms with Gasteiger partial charge >= 0.3 is 0 Å². The molecule has 1 saturated carbocycles. The average molecular weight is 260 g/mol. The number of methoxy groups -OCH3 is 1. The van der Waals surface area contributed by atoms with Gasteiger partial charge in [-0.15, -0.1) is 0 Å². The normalized spacial score (nSPS) is 30.5. The van der Waals surface area contributed by atoms with E-state index >= 15 is 0 Å². The molecule has 1 aromatic rings. The Bertz CT molecular complexity index is 398. The highest BCUT2D eigenvalue weighted by Gasteiger charge is 2.34. The van der Waals surface area contributed by atoms with E-state index in [9.17, 15) is 0 Å². The summed E-state index contributed by atoms with van der Waals surface area (Å²) in [6.07, 6.45) is 6.72. The van der Waals surface area contributed by atoms with Crippen LogP contribution in [0.4, 0.5) is 5.69 Å². The molecule has 19 heavy (non-hydrogen) atoms. The largest absolute Gasteiger partial charge is 0.497 e. The lowest BCUT2D eigenvalue weighted by Crippen LogP contribution is -2.38. The van der Waals surface area contributed by atoms with Crippen LogP contribution in [0.15, 0.2) is 24.3 Å². The summed E-state index contributed by atoms with van der Waals surface area (Å²) in [7, 11) is 1.71. The van der Waals surface area contributed by atoms with Crippen LogP contribution in [0.1, 0.15) is 32.1 Å². The van der Waals surface area contributed by atoms with Crippen molar-refractivity contribution in [3.05, 3.63) is 24.3 Å². The highest BCUT2D eigenvalue weighted by Crippen LogP contribution is 2.34. The first-order valence-corrected chi connectivity index (χ1v) is 7.51. The molecule has 0 spiro atoms. The molecule has 3 rings (SSSR count). The van der Waals surface area contributed by atoms with Gasteiger partial charge in [0.25, 0.3) is 0 Å². The van der Waals surface area contributed by atoms with E-state index in [1.807, 2.05) is 12.1 Å². The average Bonchev–Trinajstić information content (AvgIpc) is 3.10. The van der Waals surface area contributed by atoms with Crippen LogP contribution in [-0.2, 0) is 0 Å². The lowest BCUT2D eigenvalue weighted by molar-refractivity contribution is 0.376. The number of rotatable bonds is 4. The Labute approximate surface area is 115 Å². The second kappa shape index (κ2) is 5.83. The molecular formula is C16H24N2O. The van der Waals surface area contributed by atoms with E-state index < -0.39 is 0 Å². The maximum absolute atomic E-state index is 5.20. The summed E-state index contributed by atoms with van der Waals surface area (Å²) in [5, 5.41) is 7.40. The zero-order valence-electron chi connectivity index (χ0n) is 11.7. The molecule has 1 saturated heterocycles. The predicted molar refractivity (Wildman–Crippen MR) is 78.8 cm³/mol. The van der Waals surface area contributed by atoms with Gasteiger partial charge in [0.05, 0.1) is 7.11 Å². The van der Waals surface area contributed by atoms with Crippen LogP contribution >= 0.6 is 0 Å². The minimum absolute atomic E-state index is 0.629. The molecule has 3 unspecified atom stereocenters. The molecule has 3 atom stereocenters. The van der Waals surface area contributed by atoms with Crippen LogP contribution in [0.3, 0.4) is 0 Å². The van der Waals surface area contributed by atoms with Crippen molar-refractivity contribution in [2.24, 2.45) is 5.92 Å². The molecule has 1 aliphatic carbocycles. The maximum Gasteiger partial charge on any atom is 0.119 e. The summed E-state index contributed by atoms with van der Waals surface area (Å²) in [6.45, 7) is 1.20. The van der Waals surface area contributed by atoms with Gasteiger partial charge in [-0.3, -0.25) is 0 Å². The molecule has 1 aromatic carbocycles. The molecule has 2 aliphatic rings. The smallest absolute Gasteiger partial charge is 0.119 e. The molecule has 0 radical (unpaired) electrons. The monoisotopic (exact) mass is 260 g/mol. The van der Waals surface area contributed by atoms with Crippen molar-refractivity contribution in [3.63, 3.8) is 0 Å². The molecule has 3 heteroatoms. The fourth-order valence-corrected chi connectivity index (χ4v) is 3.63. The van der Waals surface area contributed by atoms with Crippen LogP contribution in [0.5, 0.6) is 5.75 Å². The molecule has 2 N–H and O–H groups in total. The van der Waals surface area contributed by atoms with Crippen molar-refractivity contribution in [2.75, 3.05) is 19.0 Å². The van der Waals surface area contributed by atoms with Gasteiger partial charge in [0.15, 0.2) is 0 Å². The van der Waals surface area contributed by atoms with E-state index in [2.05, 4.69) is 22.8 Å². The first-order valence-electron chi connectivity index (χ1n) is 7.51. The minimum atomic E-state index is 0.629. The third-order valence-corrected chi connectivity index (χ3v) is 4.63. The van der Waals surface area contributed by atoms with Gasteiger partial charge in [-0.05, 0) is 62.4 Å². The van der Waals surface area contributed by atoms with E-state index in [4.69, 9.17) is 4.74 Å². The molecule has 0 aromatic heterocycles. The Morgan fingerprint density at radius 3 is 2.63 bits per heavy atom. The van der Waals surface area contributed by atoms with Gasteiger partial charge in [-0.2, -0.15) is 0 Å². The molecule has 1 aliphatic heterocycles. The predicted octanol–water partition coefficient (Wildman–Crippen LogP) is 3.03. The summed E-state index contributed by atoms with van der Waals surface area (Å²) < 4.78 is 5.20. The second-order valence-corrected chi connectivity index (χ2v) is 5.78. The molecule has 0 amide bonds. The Hall–Kier alpha value is -1.22. The van der Waals surface area contributed by atoms with Gasteiger partial charge in [0.1, 0.15) is 5.75 Å². The number of anilines is 1. The number of ether oxygens (including phenoxy) is 1. The van der Waals surface area contributed by atoms with E-state index in [0.29, 0.717) is 6.04 Å². The molecule has 1 heterocycles. The van der Waals surface area contributed by atoms with Crippen molar-refractivity contribution in [1.29, 1.82) is 0 Å². The summed E-state index contributed by atoms with van der Waals surface area (Å²) in [6, 6.07) is 9.66. The lowest BCUT2D eigenvalue weighted by atomic mass is 9.93. The Morgan fingerprint density at radius 1 is 1.11 bits per heavy atom. The van der Waals surface area contributed by atoms with Crippen molar-refractivity contribution < 1.29 is 4.74 Å². The van der Waals surface area contributed by atoms with Gasteiger partial charge in [-0.25, -0.2) is 0 Å². The number of nitrogens with one attached hydrogen (secondary N) is 2. The summed E-state index contributed by atoms with van der Waals surface area (Å²) >= 11 is 0. The zero-order valence-corrected chi connectivity index (χ0v) is 11.7. The summed E-state index contributed by atoms with van der Waals surface area (Å²) in [4.78, 5) is 0. The first-order chi connectivity index (χ1) is 9.36. The first kappa shape index (κ1) is 12.8. The van der Waals surface area contributed by atoms with Gasteiger partial charge < -0.3 is 15.4 Å². The highest BCUT2D eigenvalue weighted by molar-refractivity contribution is 5.47. The van der Waals surface area contributed by atoms with Crippen LogP contribution in [0, 0.1) is 5.92 Å². The van der Waals surface area contributed by atoms with E-state index in [1.54, 1.807) is 7.11 Å². The van der Waals surface area contributed by atoms with Gasteiger partial charge in [0.2, 0.25) is 0 Å². The third-order valence-electron chi connectivity index (χ3n) is 4.63. The SMILES string of the molecule is COc1ccc(NC2CCCC2C2CCCN2)cc1. The molecule has 104 valence electrons. The maximum atomic E-state index is 5.20. The Balaban J connectivity index is 1.63. The van der Waals surface area contributed by atoms with Crippen molar-refractivity contribution in [1.82, 2.24) is 5.32 Å². The van der Waals surface area contributed by atoms with Crippen LogP contribution in [0.2, 0.25) is 0 Å². The lowest BCUT2D eigenvalue weighted by Gasteiger charge is -2.27. The number of hydrogen-bond acceptors (Lipinski definition) is 3. The summed E-state index contributed by atoms with van der Waals surface area (Å²) in [5.41, 5.74) is 1.22. The highest BCUT2D eigenvalue weighted by atomic mass is 16.5. The Morgan fingerprint density at radius 2 is 1.95 bits per heavy atom. The second-order valence-electron chi connectivity index (χ2n) is 5.78. The topological polar surface area (TPSA) is 33.3 Å². The standard InChI is InChI=1S/C16H24N2O/c1-19-13-9-7-12(8-10-13)18-16-5-2-4-14(16)15-6-3-11-17-15/h7-10,14-18H,2-6,11H2,1H3. The Kier molecular flexibility index (Phi) is 3.92. The van der Waals surface area contributed by atoms with E-state index in [-0.39, 0.29) is 0 Å². The van der Waals surface area contributed by atoms with E-state index in [0.717, 1.165) is 17.7 Å². The van der Waals surface area contributed by atoms with Crippen LogP contribution < -0.4 is 15.4 Å². The quantitative estimate of drug-likeness (QED) is 0.873. The van der Waals surface area contributed by atoms with Crippen LogP contribution in [-0.4, -0.2) is 25.7 Å². The van der Waals surface area contributed by atoms with Gasteiger partial charge in [-0.1, -0.05) is 6.42 Å². The van der Waals surface area contributed by atoms with Crippen molar-refractivity contribution >= 4 is 5.69 Å². The molecular weight excluding hydrogens is 236 g/mol. The van der Waals surface area contributed by atoms with Gasteiger partial charge in [0, 0.05) is 17.8 Å². The minimum Gasteiger partial charge on any atom is -0.497 e. The summed E-state index contributed by atoms with van der Waals surface area (Å²) in [5.74, 6) is 1.72. The van der Waals surface area contributed by atoms with Crippen molar-refractivity contribution in [3.8, 4) is 5.75 Å². The zero-order chi connectivity index (χ0) is 13.1. The van der Waals surface area contributed by atoms with E-state index in [1.165, 1.54) is 44.3 Å². The number of benzene rings is 1. The molecule has 3 nitrogen and oxygen atoms in total. The molecule has 2 fully saturated rings. The third kappa shape index (κ3) is 2.86.